The topological polar surface area (TPSA) is 36.9 Å². The van der Waals surface area contributed by atoms with E-state index in [9.17, 15) is 0 Å². The number of ether oxygens (including phenoxy) is 1. The number of rotatable bonds is 4. The standard InChI is InChI=1S/C17H25N3O/c1-18-16(20-12-10-17(14-20)8-5-9-17)19-11-13-21-15-6-3-2-4-7-15/h2-4,6-7H,5,8-14H2,1H3,(H,18,19). The Bertz CT molecular complexity index is 482. The van der Waals surface area contributed by atoms with Gasteiger partial charge >= 0.3 is 0 Å². The summed E-state index contributed by atoms with van der Waals surface area (Å²) < 4.78 is 5.70. The monoisotopic (exact) mass is 287 g/mol. The Kier molecular flexibility index (Phi) is 4.32. The number of nitrogens with one attached hydrogen (secondary N) is 1. The van der Waals surface area contributed by atoms with Crippen molar-refractivity contribution in [3.8, 4) is 5.75 Å². The van der Waals surface area contributed by atoms with Gasteiger partial charge in [0.15, 0.2) is 5.96 Å². The van der Waals surface area contributed by atoms with Crippen LogP contribution in [0.4, 0.5) is 0 Å². The van der Waals surface area contributed by atoms with Crippen molar-refractivity contribution in [3.63, 3.8) is 0 Å². The van der Waals surface area contributed by atoms with Gasteiger partial charge in [0.05, 0.1) is 6.54 Å². The van der Waals surface area contributed by atoms with Crippen LogP contribution in [-0.2, 0) is 0 Å². The maximum atomic E-state index is 5.70. The maximum absolute atomic E-state index is 5.70. The number of para-hydroxylation sites is 1. The average molecular weight is 287 g/mol. The lowest BCUT2D eigenvalue weighted by atomic mass is 9.68. The fraction of sp³-hybridized carbons (Fsp3) is 0.588. The van der Waals surface area contributed by atoms with Gasteiger partial charge in [0.2, 0.25) is 0 Å². The molecule has 0 atom stereocenters. The second-order valence-electron chi connectivity index (χ2n) is 6.16. The Morgan fingerprint density at radius 3 is 2.71 bits per heavy atom. The molecule has 1 aromatic carbocycles. The Labute approximate surface area is 127 Å². The lowest BCUT2D eigenvalue weighted by Crippen LogP contribution is -2.43. The highest BCUT2D eigenvalue weighted by Gasteiger charge is 2.43. The van der Waals surface area contributed by atoms with E-state index in [0.717, 1.165) is 24.8 Å². The summed E-state index contributed by atoms with van der Waals surface area (Å²) in [5.41, 5.74) is 0.609. The molecule has 3 rings (SSSR count). The molecule has 4 nitrogen and oxygen atoms in total. The van der Waals surface area contributed by atoms with Crippen molar-refractivity contribution in [1.29, 1.82) is 0 Å². The normalized spacial score (nSPS) is 20.4. The van der Waals surface area contributed by atoms with Gasteiger partial charge in [-0.1, -0.05) is 24.6 Å². The van der Waals surface area contributed by atoms with E-state index < -0.39 is 0 Å². The molecule has 0 aromatic heterocycles. The zero-order valence-corrected chi connectivity index (χ0v) is 12.8. The largest absolute Gasteiger partial charge is 0.492 e. The maximum Gasteiger partial charge on any atom is 0.193 e. The van der Waals surface area contributed by atoms with E-state index in [-0.39, 0.29) is 0 Å². The lowest BCUT2D eigenvalue weighted by molar-refractivity contribution is 0.151. The van der Waals surface area contributed by atoms with Gasteiger partial charge in [-0.25, -0.2) is 0 Å². The van der Waals surface area contributed by atoms with E-state index in [0.29, 0.717) is 12.0 Å². The molecule has 1 N–H and O–H groups in total. The fourth-order valence-corrected chi connectivity index (χ4v) is 3.38. The van der Waals surface area contributed by atoms with Gasteiger partial charge < -0.3 is 15.0 Å². The first-order valence-corrected chi connectivity index (χ1v) is 7.95. The number of likely N-dealkylation sites (tertiary alicyclic amines) is 1. The summed E-state index contributed by atoms with van der Waals surface area (Å²) in [5, 5.41) is 3.42. The van der Waals surface area contributed by atoms with Crippen LogP contribution in [0.3, 0.4) is 0 Å². The third-order valence-corrected chi connectivity index (χ3v) is 4.76. The smallest absolute Gasteiger partial charge is 0.193 e. The molecule has 0 amide bonds. The molecule has 1 aromatic rings. The number of nitrogens with zero attached hydrogens (tertiary/aromatic N) is 2. The Morgan fingerprint density at radius 1 is 1.29 bits per heavy atom. The van der Waals surface area contributed by atoms with Gasteiger partial charge in [-0.15, -0.1) is 0 Å². The summed E-state index contributed by atoms with van der Waals surface area (Å²) in [6, 6.07) is 9.94. The molecule has 1 aliphatic heterocycles. The molecule has 1 aliphatic carbocycles. The fourth-order valence-electron chi connectivity index (χ4n) is 3.38. The second-order valence-corrected chi connectivity index (χ2v) is 6.16. The van der Waals surface area contributed by atoms with E-state index >= 15 is 0 Å². The molecule has 1 heterocycles. The van der Waals surface area contributed by atoms with Gasteiger partial charge in [-0.05, 0) is 36.8 Å². The number of guanidine groups is 1. The summed E-state index contributed by atoms with van der Waals surface area (Å²) in [5.74, 6) is 1.94. The Morgan fingerprint density at radius 2 is 2.10 bits per heavy atom. The molecule has 1 spiro atoms. The Balaban J connectivity index is 1.41. The SMILES string of the molecule is CN=C(NCCOc1ccccc1)N1CCC2(CCC2)C1. The van der Waals surface area contributed by atoms with Gasteiger partial charge in [-0.3, -0.25) is 4.99 Å². The first kappa shape index (κ1) is 14.2. The zero-order chi connectivity index (χ0) is 14.5. The van der Waals surface area contributed by atoms with Crippen LogP contribution in [0.25, 0.3) is 0 Å². The van der Waals surface area contributed by atoms with E-state index in [4.69, 9.17) is 4.74 Å². The van der Waals surface area contributed by atoms with Crippen LogP contribution < -0.4 is 10.1 Å². The van der Waals surface area contributed by atoms with Crippen molar-refractivity contribution < 1.29 is 4.74 Å². The molecule has 0 bridgehead atoms. The van der Waals surface area contributed by atoms with Crippen LogP contribution in [0.5, 0.6) is 5.75 Å². The molecule has 2 aliphatic rings. The van der Waals surface area contributed by atoms with Crippen LogP contribution >= 0.6 is 0 Å². The van der Waals surface area contributed by atoms with Crippen LogP contribution in [0, 0.1) is 5.41 Å². The highest BCUT2D eigenvalue weighted by Crippen LogP contribution is 2.47. The summed E-state index contributed by atoms with van der Waals surface area (Å²) in [7, 11) is 1.87. The van der Waals surface area contributed by atoms with Gasteiger partial charge in [0.25, 0.3) is 0 Å². The Hall–Kier alpha value is -1.71. The van der Waals surface area contributed by atoms with Gasteiger partial charge in [0.1, 0.15) is 12.4 Å². The molecule has 2 fully saturated rings. The lowest BCUT2D eigenvalue weighted by Gasteiger charge is -2.38. The number of hydrogen-bond acceptors (Lipinski definition) is 2. The van der Waals surface area contributed by atoms with E-state index in [1.807, 2.05) is 37.4 Å². The van der Waals surface area contributed by atoms with Gasteiger partial charge in [-0.2, -0.15) is 0 Å². The third-order valence-electron chi connectivity index (χ3n) is 4.76. The quantitative estimate of drug-likeness (QED) is 0.525. The van der Waals surface area contributed by atoms with Crippen molar-refractivity contribution in [3.05, 3.63) is 30.3 Å². The van der Waals surface area contributed by atoms with Crippen LogP contribution in [0.2, 0.25) is 0 Å². The minimum Gasteiger partial charge on any atom is -0.492 e. The van der Waals surface area contributed by atoms with Crippen LogP contribution in [-0.4, -0.2) is 44.1 Å². The molecular formula is C17H25N3O. The van der Waals surface area contributed by atoms with Crippen molar-refractivity contribution >= 4 is 5.96 Å². The molecule has 0 unspecified atom stereocenters. The highest BCUT2D eigenvalue weighted by molar-refractivity contribution is 5.80. The van der Waals surface area contributed by atoms with Gasteiger partial charge in [0, 0.05) is 20.1 Å². The van der Waals surface area contributed by atoms with Crippen LogP contribution in [0.15, 0.2) is 35.3 Å². The molecule has 0 radical (unpaired) electrons. The first-order chi connectivity index (χ1) is 10.3. The second kappa shape index (κ2) is 6.37. The predicted molar refractivity (Wildman–Crippen MR) is 85.8 cm³/mol. The molecule has 1 saturated heterocycles. The van der Waals surface area contributed by atoms with Crippen molar-refractivity contribution in [2.75, 3.05) is 33.3 Å². The molecule has 114 valence electrons. The van der Waals surface area contributed by atoms with Crippen molar-refractivity contribution in [2.45, 2.75) is 25.7 Å². The number of benzene rings is 1. The zero-order valence-electron chi connectivity index (χ0n) is 12.8. The summed E-state index contributed by atoms with van der Waals surface area (Å²) in [6.07, 6.45) is 5.54. The third kappa shape index (κ3) is 3.31. The molecule has 4 heteroatoms. The van der Waals surface area contributed by atoms with Crippen molar-refractivity contribution in [2.24, 2.45) is 10.4 Å². The summed E-state index contributed by atoms with van der Waals surface area (Å²) >= 11 is 0. The first-order valence-electron chi connectivity index (χ1n) is 7.95. The van der Waals surface area contributed by atoms with Crippen molar-refractivity contribution in [1.82, 2.24) is 10.2 Å². The molecule has 21 heavy (non-hydrogen) atoms. The minimum atomic E-state index is 0.609. The highest BCUT2D eigenvalue weighted by atomic mass is 16.5. The predicted octanol–water partition coefficient (Wildman–Crippen LogP) is 2.52. The number of hydrogen-bond donors (Lipinski definition) is 1. The molecule has 1 saturated carbocycles. The summed E-state index contributed by atoms with van der Waals surface area (Å²) in [6.45, 7) is 3.75. The summed E-state index contributed by atoms with van der Waals surface area (Å²) in [4.78, 5) is 6.82. The van der Waals surface area contributed by atoms with E-state index in [1.165, 1.54) is 32.2 Å². The van der Waals surface area contributed by atoms with Crippen LogP contribution in [0.1, 0.15) is 25.7 Å². The molecular weight excluding hydrogens is 262 g/mol. The minimum absolute atomic E-state index is 0.609. The van der Waals surface area contributed by atoms with E-state index in [1.54, 1.807) is 0 Å². The number of aliphatic imine (C=N–C) groups is 1. The van der Waals surface area contributed by atoms with E-state index in [2.05, 4.69) is 15.2 Å². The average Bonchev–Trinajstić information content (AvgIpc) is 2.94.